The Hall–Kier alpha value is -1.31. The van der Waals surface area contributed by atoms with Crippen molar-refractivity contribution in [1.29, 1.82) is 0 Å². The second-order valence-electron chi connectivity index (χ2n) is 7.89. The molecular weight excluding hydrogens is 334 g/mol. The summed E-state index contributed by atoms with van der Waals surface area (Å²) in [6.07, 6.45) is 6.77. The number of hydrogen-bond donors (Lipinski definition) is 0. The van der Waals surface area contributed by atoms with Crippen molar-refractivity contribution in [3.63, 3.8) is 0 Å². The largest absolute Gasteiger partial charge is 0.381 e. The molecule has 0 N–H and O–H groups in total. The van der Waals surface area contributed by atoms with E-state index in [1.165, 1.54) is 29.2 Å². The molecule has 7 heteroatoms. The van der Waals surface area contributed by atoms with Gasteiger partial charge < -0.3 is 9.30 Å². The predicted molar refractivity (Wildman–Crippen MR) is 95.6 cm³/mol. The lowest BCUT2D eigenvalue weighted by molar-refractivity contribution is 0.0105. The molecule has 6 nitrogen and oxygen atoms in total. The van der Waals surface area contributed by atoms with Crippen LogP contribution in [0.25, 0.3) is 0 Å². The number of nitrogens with zero attached hydrogens (tertiary/aromatic N) is 5. The fourth-order valence-corrected chi connectivity index (χ4v) is 5.47. The average molecular weight is 359 g/mol. The van der Waals surface area contributed by atoms with Crippen LogP contribution in [-0.2, 0) is 11.3 Å². The molecule has 1 atom stereocenters. The molecule has 4 heterocycles. The van der Waals surface area contributed by atoms with Gasteiger partial charge in [-0.1, -0.05) is 0 Å². The monoisotopic (exact) mass is 359 g/mol. The highest BCUT2D eigenvalue weighted by Crippen LogP contribution is 2.50. The van der Waals surface area contributed by atoms with Gasteiger partial charge in [-0.2, -0.15) is 0 Å². The predicted octanol–water partition coefficient (Wildman–Crippen LogP) is 2.77. The summed E-state index contributed by atoms with van der Waals surface area (Å²) in [4.78, 5) is 8.43. The fraction of sp³-hybridized carbons (Fsp3) is 0.722. The van der Waals surface area contributed by atoms with Crippen molar-refractivity contribution < 1.29 is 4.74 Å². The van der Waals surface area contributed by atoms with Crippen LogP contribution in [0, 0.1) is 12.3 Å². The molecule has 2 saturated heterocycles. The van der Waals surface area contributed by atoms with E-state index in [2.05, 4.69) is 31.6 Å². The van der Waals surface area contributed by atoms with E-state index < -0.39 is 0 Å². The van der Waals surface area contributed by atoms with E-state index in [-0.39, 0.29) is 5.41 Å². The van der Waals surface area contributed by atoms with Crippen LogP contribution in [0.5, 0.6) is 0 Å². The Kier molecular flexibility index (Phi) is 3.91. The highest BCUT2D eigenvalue weighted by Gasteiger charge is 2.50. The van der Waals surface area contributed by atoms with Crippen molar-refractivity contribution >= 4 is 11.3 Å². The lowest BCUT2D eigenvalue weighted by Gasteiger charge is -2.37. The van der Waals surface area contributed by atoms with Gasteiger partial charge in [0.05, 0.1) is 11.2 Å². The summed E-state index contributed by atoms with van der Waals surface area (Å²) in [6, 6.07) is 0.639. The van der Waals surface area contributed by atoms with Gasteiger partial charge in [0.2, 0.25) is 0 Å². The molecule has 3 fully saturated rings. The van der Waals surface area contributed by atoms with Crippen LogP contribution in [0.3, 0.4) is 0 Å². The second-order valence-corrected chi connectivity index (χ2v) is 8.82. The molecule has 1 aliphatic carbocycles. The second kappa shape index (κ2) is 6.14. The fourth-order valence-electron chi connectivity index (χ4n) is 4.65. The van der Waals surface area contributed by atoms with Crippen LogP contribution in [0.4, 0.5) is 0 Å². The van der Waals surface area contributed by atoms with Crippen molar-refractivity contribution in [1.82, 2.24) is 24.6 Å². The van der Waals surface area contributed by atoms with Crippen molar-refractivity contribution in [2.45, 2.75) is 51.1 Å². The maximum atomic E-state index is 5.70. The minimum Gasteiger partial charge on any atom is -0.381 e. The molecule has 3 aliphatic rings. The lowest BCUT2D eigenvalue weighted by atomic mass is 9.71. The van der Waals surface area contributed by atoms with E-state index in [0.29, 0.717) is 12.0 Å². The van der Waals surface area contributed by atoms with E-state index in [4.69, 9.17) is 4.74 Å². The third kappa shape index (κ3) is 2.82. The van der Waals surface area contributed by atoms with Gasteiger partial charge in [-0.25, -0.2) is 4.98 Å². The smallest absolute Gasteiger partial charge is 0.138 e. The SMILES string of the molecule is Cc1ncsc1CN1CC(c2nncn2C2CC2)C2(CCOCC2)C1. The highest BCUT2D eigenvalue weighted by atomic mass is 32.1. The van der Waals surface area contributed by atoms with E-state index in [1.807, 2.05) is 11.8 Å². The normalized spacial score (nSPS) is 26.5. The molecule has 2 aliphatic heterocycles. The molecule has 0 amide bonds. The summed E-state index contributed by atoms with van der Waals surface area (Å²) < 4.78 is 8.07. The number of likely N-dealkylation sites (tertiary alicyclic amines) is 1. The summed E-state index contributed by atoms with van der Waals surface area (Å²) in [5.74, 6) is 1.68. The summed E-state index contributed by atoms with van der Waals surface area (Å²) in [5.41, 5.74) is 3.43. The Bertz CT molecular complexity index is 746. The number of hydrogen-bond acceptors (Lipinski definition) is 6. The third-order valence-corrected chi connectivity index (χ3v) is 7.19. The van der Waals surface area contributed by atoms with Crippen LogP contribution in [0.2, 0.25) is 0 Å². The first-order valence-electron chi connectivity index (χ1n) is 9.34. The third-order valence-electron chi connectivity index (χ3n) is 6.27. The molecule has 1 saturated carbocycles. The molecule has 2 aromatic heterocycles. The van der Waals surface area contributed by atoms with Gasteiger partial charge in [0.25, 0.3) is 0 Å². The van der Waals surface area contributed by atoms with E-state index in [0.717, 1.165) is 45.7 Å². The molecule has 1 spiro atoms. The van der Waals surface area contributed by atoms with Gasteiger partial charge in [-0.05, 0) is 38.0 Å². The first-order valence-corrected chi connectivity index (χ1v) is 10.2. The Morgan fingerprint density at radius 3 is 2.88 bits per heavy atom. The van der Waals surface area contributed by atoms with Crippen LogP contribution in [-0.4, -0.2) is 51.0 Å². The molecule has 5 rings (SSSR count). The quantitative estimate of drug-likeness (QED) is 0.840. The Labute approximate surface area is 152 Å². The average Bonchev–Trinajstić information content (AvgIpc) is 3.05. The topological polar surface area (TPSA) is 56.1 Å². The number of thiazole rings is 1. The molecule has 134 valence electrons. The molecule has 0 bridgehead atoms. The molecule has 0 aromatic carbocycles. The first kappa shape index (κ1) is 15.9. The van der Waals surface area contributed by atoms with Crippen LogP contribution in [0.1, 0.15) is 54.0 Å². The number of rotatable bonds is 4. The number of aryl methyl sites for hydroxylation is 1. The summed E-state index contributed by atoms with van der Waals surface area (Å²) in [7, 11) is 0. The summed E-state index contributed by atoms with van der Waals surface area (Å²) in [5, 5.41) is 8.87. The summed E-state index contributed by atoms with van der Waals surface area (Å²) >= 11 is 1.78. The Morgan fingerprint density at radius 2 is 2.16 bits per heavy atom. The number of ether oxygens (including phenoxy) is 1. The van der Waals surface area contributed by atoms with Crippen molar-refractivity contribution in [2.75, 3.05) is 26.3 Å². The summed E-state index contributed by atoms with van der Waals surface area (Å²) in [6.45, 7) is 7.09. The Balaban J connectivity index is 1.44. The number of aromatic nitrogens is 4. The van der Waals surface area contributed by atoms with Gasteiger partial charge in [0.15, 0.2) is 0 Å². The van der Waals surface area contributed by atoms with Crippen LogP contribution >= 0.6 is 11.3 Å². The van der Waals surface area contributed by atoms with Crippen molar-refractivity contribution in [3.8, 4) is 0 Å². The van der Waals surface area contributed by atoms with E-state index >= 15 is 0 Å². The van der Waals surface area contributed by atoms with E-state index in [9.17, 15) is 0 Å². The van der Waals surface area contributed by atoms with Gasteiger partial charge in [-0.15, -0.1) is 21.5 Å². The Morgan fingerprint density at radius 1 is 1.32 bits per heavy atom. The zero-order chi connectivity index (χ0) is 16.9. The van der Waals surface area contributed by atoms with Gasteiger partial charge in [0, 0.05) is 49.7 Å². The van der Waals surface area contributed by atoms with Gasteiger partial charge in [0.1, 0.15) is 12.2 Å². The molecule has 0 radical (unpaired) electrons. The van der Waals surface area contributed by atoms with E-state index in [1.54, 1.807) is 11.3 Å². The maximum absolute atomic E-state index is 5.70. The minimum atomic E-state index is 0.288. The van der Waals surface area contributed by atoms with Crippen LogP contribution in [0.15, 0.2) is 11.8 Å². The molecular formula is C18H25N5OS. The zero-order valence-corrected chi connectivity index (χ0v) is 15.5. The van der Waals surface area contributed by atoms with Gasteiger partial charge in [-0.3, -0.25) is 4.90 Å². The van der Waals surface area contributed by atoms with Gasteiger partial charge >= 0.3 is 0 Å². The first-order chi connectivity index (χ1) is 12.3. The maximum Gasteiger partial charge on any atom is 0.138 e. The highest BCUT2D eigenvalue weighted by molar-refractivity contribution is 7.09. The standard InChI is InChI=1S/C18H25N5OS/c1-13-16(25-12-19-13)9-22-8-15(18(10-22)4-6-24-7-5-18)17-21-20-11-23(17)14-2-3-14/h11-12,14-15H,2-10H2,1H3. The molecule has 2 aromatic rings. The lowest BCUT2D eigenvalue weighted by Crippen LogP contribution is -2.37. The van der Waals surface area contributed by atoms with Crippen molar-refractivity contribution in [2.24, 2.45) is 5.41 Å². The zero-order valence-electron chi connectivity index (χ0n) is 14.7. The van der Waals surface area contributed by atoms with Crippen LogP contribution < -0.4 is 0 Å². The molecule has 1 unspecified atom stereocenters. The van der Waals surface area contributed by atoms with Crippen molar-refractivity contribution in [3.05, 3.63) is 28.2 Å². The molecule has 25 heavy (non-hydrogen) atoms. The minimum absolute atomic E-state index is 0.288.